The summed E-state index contributed by atoms with van der Waals surface area (Å²) in [5, 5.41) is 0. The van der Waals surface area contributed by atoms with Gasteiger partial charge in [0.2, 0.25) is 0 Å². The van der Waals surface area contributed by atoms with E-state index in [2.05, 4.69) is 20.0 Å². The van der Waals surface area contributed by atoms with Gasteiger partial charge in [0.25, 0.3) is 0 Å². The van der Waals surface area contributed by atoms with Gasteiger partial charge in [0.1, 0.15) is 12.2 Å². The molecule has 1 aliphatic rings. The van der Waals surface area contributed by atoms with Gasteiger partial charge >= 0.3 is 58.2 Å². The molecule has 0 unspecified atom stereocenters. The van der Waals surface area contributed by atoms with E-state index in [1.807, 2.05) is 19.3 Å². The molecule has 22 heavy (non-hydrogen) atoms. The van der Waals surface area contributed by atoms with Crippen molar-refractivity contribution in [3.63, 3.8) is 0 Å². The average Bonchev–Trinajstić information content (AvgIpc) is 2.52. The van der Waals surface area contributed by atoms with Gasteiger partial charge in [0, 0.05) is 27.1 Å². The van der Waals surface area contributed by atoms with Crippen LogP contribution in [0.4, 0.5) is 17.3 Å². The quantitative estimate of drug-likeness (QED) is 0.326. The third-order valence-electron chi connectivity index (χ3n) is 1.44. The normalized spacial score (nSPS) is 13.6. The summed E-state index contributed by atoms with van der Waals surface area (Å²) < 4.78 is 71.5. The first-order valence-electron chi connectivity index (χ1n) is 4.67. The molecule has 0 N–H and O–H groups in total. The molecule has 0 heterocycles. The molecule has 123 valence electrons. The molecule has 0 spiro atoms. The summed E-state index contributed by atoms with van der Waals surface area (Å²) in [6, 6.07) is 0. The van der Waals surface area contributed by atoms with Crippen LogP contribution in [0.25, 0.3) is 0 Å². The van der Waals surface area contributed by atoms with Crippen LogP contribution >= 0.6 is 0 Å². The molecule has 0 bridgehead atoms. The maximum atomic E-state index is 9.75. The second-order valence-corrected chi connectivity index (χ2v) is 2.51. The van der Waals surface area contributed by atoms with Crippen LogP contribution in [-0.4, -0.2) is 21.5 Å². The largest absolute Gasteiger partial charge is 2.00 e. The van der Waals surface area contributed by atoms with Crippen LogP contribution in [0, 0.1) is 51.4 Å². The Bertz CT molecular complexity index is 233. The van der Waals surface area contributed by atoms with Crippen molar-refractivity contribution in [2.45, 2.75) is 6.42 Å². The number of hydrogen-bond donors (Lipinski definition) is 0. The molecule has 0 aromatic heterocycles. The maximum Gasteiger partial charge on any atom is 2.00 e. The first kappa shape index (κ1) is 33.1. The molecule has 0 saturated heterocycles. The van der Waals surface area contributed by atoms with Crippen molar-refractivity contribution < 1.29 is 57.8 Å². The summed E-state index contributed by atoms with van der Waals surface area (Å²) in [5.41, 5.74) is 0. The molecular formula is C11H11BF4FeO5+. The molecule has 1 fully saturated rings. The Labute approximate surface area is 137 Å². The van der Waals surface area contributed by atoms with Crippen molar-refractivity contribution in [3.05, 3.63) is 51.4 Å². The van der Waals surface area contributed by atoms with Gasteiger partial charge < -0.3 is 26.7 Å². The summed E-state index contributed by atoms with van der Waals surface area (Å²) in [6.45, 7) is 13.5. The smallest absolute Gasteiger partial charge is 2.00 e. The van der Waals surface area contributed by atoms with E-state index >= 15 is 0 Å². The average molecular weight is 366 g/mol. The first-order chi connectivity index (χ1) is 9.86. The zero-order valence-corrected chi connectivity index (χ0v) is 12.5. The van der Waals surface area contributed by atoms with Crippen molar-refractivity contribution in [3.8, 4) is 0 Å². The van der Waals surface area contributed by atoms with Gasteiger partial charge in [-0.1, -0.05) is 0 Å². The number of ether oxygens (including phenoxy) is 2. The molecule has 1 saturated carbocycles. The Morgan fingerprint density at radius 3 is 1.45 bits per heavy atom. The number of methoxy groups -OCH3 is 2. The van der Waals surface area contributed by atoms with Gasteiger partial charge in [-0.3, -0.25) is 0 Å². The molecule has 0 amide bonds. The fourth-order valence-corrected chi connectivity index (χ4v) is 0.815. The minimum absolute atomic E-state index is 0. The minimum atomic E-state index is -6.00. The Morgan fingerprint density at radius 2 is 1.27 bits per heavy atom. The minimum Gasteiger partial charge on any atom is 2.00 e. The molecule has 11 heteroatoms. The van der Waals surface area contributed by atoms with Crippen LogP contribution < -0.4 is 0 Å². The predicted octanol–water partition coefficient (Wildman–Crippen LogP) is 2.54. The van der Waals surface area contributed by atoms with Crippen LogP contribution in [0.5, 0.6) is 0 Å². The van der Waals surface area contributed by atoms with Crippen molar-refractivity contribution >= 4 is 7.25 Å². The van der Waals surface area contributed by atoms with Crippen LogP contribution in [0.15, 0.2) is 0 Å². The Morgan fingerprint density at radius 1 is 0.909 bits per heavy atom. The van der Waals surface area contributed by atoms with Gasteiger partial charge in [-0.05, 0) is 12.8 Å². The van der Waals surface area contributed by atoms with Crippen molar-refractivity contribution in [1.82, 2.24) is 0 Å². The van der Waals surface area contributed by atoms with Crippen LogP contribution in [0.1, 0.15) is 6.42 Å². The van der Waals surface area contributed by atoms with Gasteiger partial charge in [0.05, 0.1) is 0 Å². The third kappa shape index (κ3) is 36.6. The maximum absolute atomic E-state index is 9.75. The molecular weight excluding hydrogens is 355 g/mol. The molecule has 1 aliphatic carbocycles. The SMILES string of the molecule is CO[C]1[CH][CH][C](OC)C[CH]1.F[B-](F)(F)F.[C-]#[O+].[C-]#[O+].[C-]#[O+].[Fe+2]. The van der Waals surface area contributed by atoms with Crippen molar-refractivity contribution in [1.29, 1.82) is 0 Å². The molecule has 5 radical (unpaired) electrons. The van der Waals surface area contributed by atoms with Crippen LogP contribution in [-0.2, 0) is 40.5 Å². The fraction of sp³-hybridized carbons (Fsp3) is 0.273. The van der Waals surface area contributed by atoms with E-state index in [9.17, 15) is 17.3 Å². The van der Waals surface area contributed by atoms with Gasteiger partial charge in [0.15, 0.2) is 0 Å². The van der Waals surface area contributed by atoms with Gasteiger partial charge in [-0.2, -0.15) is 0 Å². The van der Waals surface area contributed by atoms with Crippen LogP contribution in [0.3, 0.4) is 0 Å². The van der Waals surface area contributed by atoms with Crippen molar-refractivity contribution in [2.24, 2.45) is 0 Å². The zero-order valence-electron chi connectivity index (χ0n) is 11.4. The zero-order chi connectivity index (χ0) is 17.9. The van der Waals surface area contributed by atoms with E-state index in [0.29, 0.717) is 0 Å². The molecule has 0 aliphatic heterocycles. The third-order valence-corrected chi connectivity index (χ3v) is 1.44. The molecule has 0 aromatic rings. The number of hydrogen-bond acceptors (Lipinski definition) is 2. The van der Waals surface area contributed by atoms with Gasteiger partial charge in [-0.25, -0.2) is 0 Å². The summed E-state index contributed by atoms with van der Waals surface area (Å²) in [5.74, 6) is 0. The van der Waals surface area contributed by atoms with Gasteiger partial charge in [-0.15, -0.1) is 0 Å². The van der Waals surface area contributed by atoms with E-state index < -0.39 is 7.25 Å². The second-order valence-electron chi connectivity index (χ2n) is 2.51. The summed E-state index contributed by atoms with van der Waals surface area (Å²) in [7, 11) is -2.67. The standard InChI is InChI=1S/C8H11O2.3CO.BF4.Fe/c1-9-7-3-5-8(10-2)6-4-7;3*1-2;2-1(3,4)5;/h3-5H,6H2,1-2H3;;;;;/q;;;;-1;+2. The Kier molecular flexibility index (Phi) is 38.3. The fourth-order valence-electron chi connectivity index (χ4n) is 0.815. The number of halogens is 4. The molecule has 0 atom stereocenters. The molecule has 1 rings (SSSR count). The summed E-state index contributed by atoms with van der Waals surface area (Å²) in [4.78, 5) is 0. The van der Waals surface area contributed by atoms with Crippen molar-refractivity contribution in [2.75, 3.05) is 14.2 Å². The Balaban J connectivity index is -0.0000000691. The Hall–Kier alpha value is -0.556. The first-order valence-corrected chi connectivity index (χ1v) is 4.67. The second kappa shape index (κ2) is 25.4. The molecule has 5 nitrogen and oxygen atoms in total. The topological polar surface area (TPSA) is 78.2 Å². The summed E-state index contributed by atoms with van der Waals surface area (Å²) >= 11 is 0. The predicted molar refractivity (Wildman–Crippen MR) is 60.0 cm³/mol. The summed E-state index contributed by atoms with van der Waals surface area (Å²) in [6.07, 6.45) is 8.50. The van der Waals surface area contributed by atoms with E-state index in [1.54, 1.807) is 14.2 Å². The van der Waals surface area contributed by atoms with Crippen LogP contribution in [0.2, 0.25) is 0 Å². The van der Waals surface area contributed by atoms with E-state index in [-0.39, 0.29) is 17.1 Å². The van der Waals surface area contributed by atoms with E-state index in [4.69, 9.17) is 23.4 Å². The molecule has 0 aromatic carbocycles. The van der Waals surface area contributed by atoms with E-state index in [1.165, 1.54) is 0 Å². The monoisotopic (exact) mass is 366 g/mol. The van der Waals surface area contributed by atoms with E-state index in [0.717, 1.165) is 18.6 Å². The number of rotatable bonds is 2.